The van der Waals surface area contributed by atoms with Crippen molar-refractivity contribution in [2.24, 2.45) is 0 Å². The molecular weight excluding hydrogens is 275 g/mol. The molecule has 0 saturated carbocycles. The summed E-state index contributed by atoms with van der Waals surface area (Å²) in [5.74, 6) is -0.289. The second-order valence-corrected chi connectivity index (χ2v) is 5.21. The standard InChI is InChI=1S/C15H19FN2O3/c16-13-4-2-1-3-12(13)14-11-18(7-10-21-14)15(19)17-5-8-20-9-6-17/h1-4,14H,5-11H2. The van der Waals surface area contributed by atoms with E-state index in [9.17, 15) is 9.18 Å². The first-order chi connectivity index (χ1) is 10.3. The van der Waals surface area contributed by atoms with Gasteiger partial charge < -0.3 is 19.3 Å². The van der Waals surface area contributed by atoms with Crippen molar-refractivity contribution in [3.8, 4) is 0 Å². The van der Waals surface area contributed by atoms with Crippen molar-refractivity contribution in [2.75, 3.05) is 46.0 Å². The average Bonchev–Trinajstić information content (AvgIpc) is 2.55. The molecule has 0 radical (unpaired) electrons. The fraction of sp³-hybridized carbons (Fsp3) is 0.533. The van der Waals surface area contributed by atoms with E-state index in [-0.39, 0.29) is 11.8 Å². The molecule has 1 atom stereocenters. The van der Waals surface area contributed by atoms with Gasteiger partial charge in [-0.25, -0.2) is 9.18 Å². The van der Waals surface area contributed by atoms with Gasteiger partial charge in [0.05, 0.1) is 26.4 Å². The van der Waals surface area contributed by atoms with E-state index in [2.05, 4.69) is 0 Å². The van der Waals surface area contributed by atoms with Gasteiger partial charge >= 0.3 is 6.03 Å². The molecule has 2 aliphatic heterocycles. The summed E-state index contributed by atoms with van der Waals surface area (Å²) >= 11 is 0. The van der Waals surface area contributed by atoms with E-state index in [4.69, 9.17) is 9.47 Å². The molecule has 0 bridgehead atoms. The molecule has 6 heteroatoms. The SMILES string of the molecule is O=C(N1CCOCC1)N1CCOC(c2ccccc2F)C1. The van der Waals surface area contributed by atoms with Gasteiger partial charge in [0.1, 0.15) is 11.9 Å². The highest BCUT2D eigenvalue weighted by Crippen LogP contribution is 2.25. The predicted octanol–water partition coefficient (Wildman–Crippen LogP) is 1.65. The second-order valence-electron chi connectivity index (χ2n) is 5.21. The van der Waals surface area contributed by atoms with Crippen LogP contribution >= 0.6 is 0 Å². The van der Waals surface area contributed by atoms with Crippen LogP contribution in [0.2, 0.25) is 0 Å². The van der Waals surface area contributed by atoms with Crippen LogP contribution in [0, 0.1) is 5.82 Å². The summed E-state index contributed by atoms with van der Waals surface area (Å²) in [6, 6.07) is 6.55. The molecule has 5 nitrogen and oxygen atoms in total. The summed E-state index contributed by atoms with van der Waals surface area (Å²) in [6.45, 7) is 3.73. The molecule has 3 rings (SSSR count). The van der Waals surface area contributed by atoms with Crippen molar-refractivity contribution in [3.63, 3.8) is 0 Å². The maximum Gasteiger partial charge on any atom is 0.320 e. The van der Waals surface area contributed by atoms with Gasteiger partial charge in [0, 0.05) is 25.2 Å². The number of ether oxygens (including phenoxy) is 2. The summed E-state index contributed by atoms with van der Waals surface area (Å²) in [5.41, 5.74) is 0.511. The Morgan fingerprint density at radius 2 is 1.81 bits per heavy atom. The van der Waals surface area contributed by atoms with Crippen LogP contribution in [0.3, 0.4) is 0 Å². The number of urea groups is 1. The van der Waals surface area contributed by atoms with Crippen molar-refractivity contribution in [1.29, 1.82) is 0 Å². The Balaban J connectivity index is 1.68. The van der Waals surface area contributed by atoms with Gasteiger partial charge in [-0.3, -0.25) is 0 Å². The fourth-order valence-electron chi connectivity index (χ4n) is 2.70. The van der Waals surface area contributed by atoms with Gasteiger partial charge in [-0.1, -0.05) is 18.2 Å². The fourth-order valence-corrected chi connectivity index (χ4v) is 2.70. The van der Waals surface area contributed by atoms with Crippen LogP contribution in [0.4, 0.5) is 9.18 Å². The molecule has 1 aromatic carbocycles. The average molecular weight is 294 g/mol. The number of halogens is 1. The van der Waals surface area contributed by atoms with Crippen LogP contribution in [0.5, 0.6) is 0 Å². The highest BCUT2D eigenvalue weighted by Gasteiger charge is 2.30. The number of carbonyl (C=O) groups excluding carboxylic acids is 1. The number of rotatable bonds is 1. The highest BCUT2D eigenvalue weighted by atomic mass is 19.1. The summed E-state index contributed by atoms with van der Waals surface area (Å²) in [5, 5.41) is 0. The van der Waals surface area contributed by atoms with Gasteiger partial charge in [0.15, 0.2) is 0 Å². The quantitative estimate of drug-likeness (QED) is 0.791. The van der Waals surface area contributed by atoms with Crippen LogP contribution in [-0.2, 0) is 9.47 Å². The number of hydrogen-bond donors (Lipinski definition) is 0. The molecular formula is C15H19FN2O3. The van der Waals surface area contributed by atoms with E-state index < -0.39 is 6.10 Å². The first-order valence-electron chi connectivity index (χ1n) is 7.23. The molecule has 0 aromatic heterocycles. The van der Waals surface area contributed by atoms with E-state index in [1.807, 2.05) is 0 Å². The number of morpholine rings is 2. The summed E-state index contributed by atoms with van der Waals surface area (Å²) in [4.78, 5) is 16.0. The van der Waals surface area contributed by atoms with E-state index in [0.717, 1.165) is 0 Å². The van der Waals surface area contributed by atoms with Gasteiger partial charge in [0.2, 0.25) is 0 Å². The van der Waals surface area contributed by atoms with Gasteiger partial charge in [-0.15, -0.1) is 0 Å². The molecule has 0 spiro atoms. The number of amides is 2. The van der Waals surface area contributed by atoms with Crippen molar-refractivity contribution in [3.05, 3.63) is 35.6 Å². The number of benzene rings is 1. The van der Waals surface area contributed by atoms with E-state index in [1.54, 1.807) is 28.0 Å². The second kappa shape index (κ2) is 6.41. The zero-order valence-corrected chi connectivity index (χ0v) is 11.8. The monoisotopic (exact) mass is 294 g/mol. The Morgan fingerprint density at radius 1 is 1.10 bits per heavy atom. The maximum absolute atomic E-state index is 13.8. The van der Waals surface area contributed by atoms with Crippen LogP contribution < -0.4 is 0 Å². The summed E-state index contributed by atoms with van der Waals surface area (Å²) < 4.78 is 24.7. The zero-order valence-electron chi connectivity index (χ0n) is 11.8. The smallest absolute Gasteiger partial charge is 0.320 e. The molecule has 0 N–H and O–H groups in total. The molecule has 1 unspecified atom stereocenters. The Kier molecular flexibility index (Phi) is 4.36. The Morgan fingerprint density at radius 3 is 2.57 bits per heavy atom. The van der Waals surface area contributed by atoms with E-state index in [0.29, 0.717) is 51.6 Å². The van der Waals surface area contributed by atoms with E-state index >= 15 is 0 Å². The number of carbonyl (C=O) groups is 1. The number of hydrogen-bond acceptors (Lipinski definition) is 3. The summed E-state index contributed by atoms with van der Waals surface area (Å²) in [6.07, 6.45) is -0.398. The maximum atomic E-state index is 13.8. The van der Waals surface area contributed by atoms with Crippen molar-refractivity contribution >= 4 is 6.03 Å². The minimum absolute atomic E-state index is 0.0112. The molecule has 21 heavy (non-hydrogen) atoms. The molecule has 1 aromatic rings. The van der Waals surface area contributed by atoms with Crippen LogP contribution in [0.25, 0.3) is 0 Å². The molecule has 2 fully saturated rings. The van der Waals surface area contributed by atoms with Gasteiger partial charge in [-0.2, -0.15) is 0 Å². The van der Waals surface area contributed by atoms with Crippen LogP contribution in [-0.4, -0.2) is 61.8 Å². The Bertz CT molecular complexity index is 505. The molecule has 2 aliphatic rings. The lowest BCUT2D eigenvalue weighted by molar-refractivity contribution is -0.0278. The molecule has 2 heterocycles. The normalized spacial score (nSPS) is 23.2. The largest absolute Gasteiger partial charge is 0.378 e. The molecule has 114 valence electrons. The van der Waals surface area contributed by atoms with Crippen molar-refractivity contribution < 1.29 is 18.7 Å². The van der Waals surface area contributed by atoms with Crippen molar-refractivity contribution in [2.45, 2.75) is 6.10 Å². The third-order valence-corrected chi connectivity index (χ3v) is 3.87. The lowest BCUT2D eigenvalue weighted by Crippen LogP contribution is -2.52. The highest BCUT2D eigenvalue weighted by molar-refractivity contribution is 5.74. The third kappa shape index (κ3) is 3.16. The molecule has 0 aliphatic carbocycles. The van der Waals surface area contributed by atoms with Crippen LogP contribution in [0.15, 0.2) is 24.3 Å². The summed E-state index contributed by atoms with van der Waals surface area (Å²) in [7, 11) is 0. The van der Waals surface area contributed by atoms with Gasteiger partial charge in [-0.05, 0) is 6.07 Å². The molecule has 2 saturated heterocycles. The lowest BCUT2D eigenvalue weighted by Gasteiger charge is -2.37. The lowest BCUT2D eigenvalue weighted by atomic mass is 10.1. The van der Waals surface area contributed by atoms with E-state index in [1.165, 1.54) is 6.07 Å². The van der Waals surface area contributed by atoms with Gasteiger partial charge in [0.25, 0.3) is 0 Å². The minimum Gasteiger partial charge on any atom is -0.378 e. The Labute approximate surface area is 123 Å². The Hall–Kier alpha value is -1.66. The first kappa shape index (κ1) is 14.3. The van der Waals surface area contributed by atoms with Crippen molar-refractivity contribution in [1.82, 2.24) is 9.80 Å². The molecule has 2 amide bonds. The van der Waals surface area contributed by atoms with Crippen LogP contribution in [0.1, 0.15) is 11.7 Å². The zero-order chi connectivity index (χ0) is 14.7. The predicted molar refractivity (Wildman–Crippen MR) is 74.5 cm³/mol. The third-order valence-electron chi connectivity index (χ3n) is 3.87. The number of nitrogens with zero attached hydrogens (tertiary/aromatic N) is 2. The first-order valence-corrected chi connectivity index (χ1v) is 7.23. The minimum atomic E-state index is -0.398. The topological polar surface area (TPSA) is 42.0 Å².